The van der Waals surface area contributed by atoms with Gasteiger partial charge in [0.2, 0.25) is 5.89 Å². The number of carbonyl (C=O) groups is 1. The van der Waals surface area contributed by atoms with Gasteiger partial charge in [-0.2, -0.15) is 0 Å². The Bertz CT molecular complexity index is 762. The molecule has 0 unspecified atom stereocenters. The fourth-order valence-electron chi connectivity index (χ4n) is 4.20. The minimum Gasteiger partial charge on any atom is -0.481 e. The normalized spacial score (nSPS) is 25.6. The molecule has 4 rings (SSSR count). The van der Waals surface area contributed by atoms with Crippen LogP contribution in [0.1, 0.15) is 25.0 Å². The van der Waals surface area contributed by atoms with Crippen molar-refractivity contribution >= 4 is 30.0 Å². The highest BCUT2D eigenvalue weighted by Gasteiger charge is 2.54. The first kappa shape index (κ1) is 18.2. The van der Waals surface area contributed by atoms with Gasteiger partial charge in [0.1, 0.15) is 6.26 Å². The minimum atomic E-state index is -0.644. The summed E-state index contributed by atoms with van der Waals surface area (Å²) in [6.45, 7) is 2.06. The van der Waals surface area contributed by atoms with Gasteiger partial charge in [0.25, 0.3) is 0 Å². The average Bonchev–Trinajstić information content (AvgIpc) is 3.22. The van der Waals surface area contributed by atoms with E-state index < -0.39 is 11.4 Å². The number of halogens is 2. The fourth-order valence-corrected chi connectivity index (χ4v) is 4.32. The molecule has 1 aliphatic heterocycles. The van der Waals surface area contributed by atoms with Crippen molar-refractivity contribution in [3.05, 3.63) is 41.2 Å². The van der Waals surface area contributed by atoms with E-state index in [1.54, 1.807) is 18.4 Å². The average molecular weight is 383 g/mol. The van der Waals surface area contributed by atoms with E-state index in [9.17, 15) is 9.90 Å². The molecule has 1 aliphatic carbocycles. The molecule has 1 aromatic heterocycles. The van der Waals surface area contributed by atoms with Crippen LogP contribution < -0.4 is 0 Å². The number of aromatic nitrogens is 1. The summed E-state index contributed by atoms with van der Waals surface area (Å²) in [4.78, 5) is 18.5. The number of benzene rings is 1. The van der Waals surface area contributed by atoms with Crippen LogP contribution in [0, 0.1) is 11.3 Å². The summed E-state index contributed by atoms with van der Waals surface area (Å²) in [7, 11) is 0. The number of oxazole rings is 1. The molecular weight excluding hydrogens is 363 g/mol. The SMILES string of the molecule is Cl.O=C(O)[C@@]12CCC[C@H]1CN(Cc1coc(-c3ccc(Cl)cc3)n1)C2. The Balaban J connectivity index is 0.00000182. The van der Waals surface area contributed by atoms with Crippen molar-refractivity contribution in [3.8, 4) is 11.5 Å². The first-order chi connectivity index (χ1) is 11.6. The first-order valence-electron chi connectivity index (χ1n) is 8.23. The smallest absolute Gasteiger partial charge is 0.311 e. The summed E-state index contributed by atoms with van der Waals surface area (Å²) in [5.74, 6) is 0.182. The van der Waals surface area contributed by atoms with Crippen molar-refractivity contribution in [2.24, 2.45) is 11.3 Å². The monoisotopic (exact) mass is 382 g/mol. The molecule has 1 aromatic carbocycles. The zero-order chi connectivity index (χ0) is 16.7. The Hall–Kier alpha value is -1.56. The van der Waals surface area contributed by atoms with E-state index in [2.05, 4.69) is 9.88 Å². The molecule has 25 heavy (non-hydrogen) atoms. The molecular formula is C18H20Cl2N2O3. The van der Waals surface area contributed by atoms with E-state index in [0.717, 1.165) is 37.1 Å². The quantitative estimate of drug-likeness (QED) is 0.861. The summed E-state index contributed by atoms with van der Waals surface area (Å²) in [5.41, 5.74) is 1.16. The summed E-state index contributed by atoms with van der Waals surface area (Å²) >= 11 is 5.90. The van der Waals surface area contributed by atoms with Gasteiger partial charge in [0.15, 0.2) is 0 Å². The van der Waals surface area contributed by atoms with Gasteiger partial charge in [-0.25, -0.2) is 4.98 Å². The third-order valence-corrected chi connectivity index (χ3v) is 5.65. The van der Waals surface area contributed by atoms with Crippen LogP contribution in [-0.4, -0.2) is 34.0 Å². The van der Waals surface area contributed by atoms with Crippen molar-refractivity contribution in [1.29, 1.82) is 0 Å². The van der Waals surface area contributed by atoms with Gasteiger partial charge < -0.3 is 9.52 Å². The van der Waals surface area contributed by atoms with Crippen LogP contribution in [0.5, 0.6) is 0 Å². The lowest BCUT2D eigenvalue weighted by Gasteiger charge is -2.23. The van der Waals surface area contributed by atoms with Crippen LogP contribution in [0.25, 0.3) is 11.5 Å². The predicted octanol–water partition coefficient (Wildman–Crippen LogP) is 4.10. The molecule has 1 N–H and O–H groups in total. The van der Waals surface area contributed by atoms with E-state index in [-0.39, 0.29) is 18.3 Å². The van der Waals surface area contributed by atoms with Crippen LogP contribution in [0.2, 0.25) is 5.02 Å². The maximum absolute atomic E-state index is 11.7. The third-order valence-electron chi connectivity index (χ3n) is 5.40. The standard InChI is InChI=1S/C18H19ClN2O3.ClH/c19-14-5-3-12(4-6-14)16-20-15(10-24-16)9-21-8-13-2-1-7-18(13,11-21)17(22)23;/h3-6,10,13H,1-2,7-9,11H2,(H,22,23);1H/t13-,18+;/m0./s1. The second kappa shape index (κ2) is 6.98. The molecule has 0 bridgehead atoms. The van der Waals surface area contributed by atoms with E-state index in [1.807, 2.05) is 12.1 Å². The van der Waals surface area contributed by atoms with E-state index in [4.69, 9.17) is 16.0 Å². The summed E-state index contributed by atoms with van der Waals surface area (Å²) in [6, 6.07) is 7.35. The van der Waals surface area contributed by atoms with Gasteiger partial charge in [-0.05, 0) is 43.0 Å². The van der Waals surface area contributed by atoms with Crippen molar-refractivity contribution in [1.82, 2.24) is 9.88 Å². The maximum Gasteiger partial charge on any atom is 0.311 e. The van der Waals surface area contributed by atoms with Gasteiger partial charge in [-0.15, -0.1) is 12.4 Å². The molecule has 2 fully saturated rings. The van der Waals surface area contributed by atoms with Crippen LogP contribution in [0.15, 0.2) is 34.9 Å². The molecule has 0 spiro atoms. The Morgan fingerprint density at radius 3 is 2.84 bits per heavy atom. The molecule has 1 saturated heterocycles. The largest absolute Gasteiger partial charge is 0.481 e. The van der Waals surface area contributed by atoms with Gasteiger partial charge in [0.05, 0.1) is 11.1 Å². The number of fused-ring (bicyclic) bond motifs is 1. The fraction of sp³-hybridized carbons (Fsp3) is 0.444. The van der Waals surface area contributed by atoms with Gasteiger partial charge in [0, 0.05) is 30.2 Å². The number of aliphatic carboxylic acids is 1. The van der Waals surface area contributed by atoms with Crippen LogP contribution in [0.3, 0.4) is 0 Å². The topological polar surface area (TPSA) is 66.6 Å². The Morgan fingerprint density at radius 2 is 2.16 bits per heavy atom. The number of likely N-dealkylation sites (tertiary alicyclic amines) is 1. The van der Waals surface area contributed by atoms with Gasteiger partial charge in [-0.3, -0.25) is 9.69 Å². The Morgan fingerprint density at radius 1 is 1.40 bits per heavy atom. The highest BCUT2D eigenvalue weighted by atomic mass is 35.5. The Kier molecular flexibility index (Phi) is 5.09. The molecule has 0 radical (unpaired) electrons. The molecule has 0 amide bonds. The van der Waals surface area contributed by atoms with Crippen LogP contribution in [-0.2, 0) is 11.3 Å². The van der Waals surface area contributed by atoms with Crippen molar-refractivity contribution in [2.75, 3.05) is 13.1 Å². The van der Waals surface area contributed by atoms with E-state index in [0.29, 0.717) is 24.0 Å². The second-order valence-electron chi connectivity index (χ2n) is 6.87. The molecule has 134 valence electrons. The maximum atomic E-state index is 11.7. The second-order valence-corrected chi connectivity index (χ2v) is 7.31. The van der Waals surface area contributed by atoms with E-state index >= 15 is 0 Å². The van der Waals surface area contributed by atoms with Crippen molar-refractivity contribution < 1.29 is 14.3 Å². The van der Waals surface area contributed by atoms with Gasteiger partial charge >= 0.3 is 5.97 Å². The molecule has 2 atom stereocenters. The van der Waals surface area contributed by atoms with Crippen molar-refractivity contribution in [2.45, 2.75) is 25.8 Å². The summed E-state index contributed by atoms with van der Waals surface area (Å²) in [5, 5.41) is 10.3. The lowest BCUT2D eigenvalue weighted by molar-refractivity contribution is -0.149. The first-order valence-corrected chi connectivity index (χ1v) is 8.61. The molecule has 1 saturated carbocycles. The number of nitrogens with zero attached hydrogens (tertiary/aromatic N) is 2. The molecule has 2 heterocycles. The molecule has 7 heteroatoms. The number of hydrogen-bond donors (Lipinski definition) is 1. The van der Waals surface area contributed by atoms with Crippen LogP contribution >= 0.6 is 24.0 Å². The lowest BCUT2D eigenvalue weighted by atomic mass is 9.81. The minimum absolute atomic E-state index is 0. The molecule has 2 aromatic rings. The molecule has 5 nitrogen and oxygen atoms in total. The third kappa shape index (κ3) is 3.28. The summed E-state index contributed by atoms with van der Waals surface area (Å²) in [6.07, 6.45) is 4.48. The number of carboxylic acids is 1. The Labute approximate surface area is 157 Å². The van der Waals surface area contributed by atoms with E-state index in [1.165, 1.54) is 0 Å². The number of rotatable bonds is 4. The highest BCUT2D eigenvalue weighted by molar-refractivity contribution is 6.30. The number of carboxylic acid groups (broad SMARTS) is 1. The summed E-state index contributed by atoms with van der Waals surface area (Å²) < 4.78 is 5.57. The van der Waals surface area contributed by atoms with Crippen LogP contribution in [0.4, 0.5) is 0 Å². The number of hydrogen-bond acceptors (Lipinski definition) is 4. The zero-order valence-corrected chi connectivity index (χ0v) is 15.2. The zero-order valence-electron chi connectivity index (χ0n) is 13.7. The lowest BCUT2D eigenvalue weighted by Crippen LogP contribution is -2.35. The highest BCUT2D eigenvalue weighted by Crippen LogP contribution is 2.49. The predicted molar refractivity (Wildman–Crippen MR) is 96.9 cm³/mol. The molecule has 2 aliphatic rings. The van der Waals surface area contributed by atoms with Crippen molar-refractivity contribution in [3.63, 3.8) is 0 Å². The van der Waals surface area contributed by atoms with Gasteiger partial charge in [-0.1, -0.05) is 18.0 Å².